The van der Waals surface area contributed by atoms with Crippen LogP contribution >= 0.6 is 0 Å². The first-order valence-corrected chi connectivity index (χ1v) is 4.93. The molecular formula is C6H15N7O6. The summed E-state index contributed by atoms with van der Waals surface area (Å²) in [5.41, 5.74) is 0. The van der Waals surface area contributed by atoms with Gasteiger partial charge in [0, 0.05) is 0 Å². The molecule has 0 atom stereocenters. The largest absolute Gasteiger partial charge is 0.235 e. The van der Waals surface area contributed by atoms with Gasteiger partial charge in [-0.3, -0.25) is 0 Å². The van der Waals surface area contributed by atoms with E-state index in [4.69, 9.17) is 0 Å². The first-order valence-electron chi connectivity index (χ1n) is 4.93. The molecule has 0 spiro atoms. The predicted octanol–water partition coefficient (Wildman–Crippen LogP) is -1.47. The Kier molecular flexibility index (Phi) is 6.19. The van der Waals surface area contributed by atoms with Crippen LogP contribution in [-0.4, -0.2) is 76.2 Å². The average Bonchev–Trinajstić information content (AvgIpc) is 2.27. The Morgan fingerprint density at radius 3 is 1.05 bits per heavy atom. The van der Waals surface area contributed by atoms with Gasteiger partial charge in [0.25, 0.3) is 0 Å². The van der Waals surface area contributed by atoms with Crippen LogP contribution in [0.1, 0.15) is 0 Å². The van der Waals surface area contributed by atoms with Crippen molar-refractivity contribution in [1.82, 2.24) is 19.9 Å². The van der Waals surface area contributed by atoms with Crippen molar-refractivity contribution in [3.8, 4) is 0 Å². The summed E-state index contributed by atoms with van der Waals surface area (Å²) in [5, 5.41) is 31.3. The highest BCUT2D eigenvalue weighted by Crippen LogP contribution is 1.98. The zero-order chi connectivity index (χ0) is 15.2. The van der Waals surface area contributed by atoms with E-state index in [-0.39, 0.29) is 20.0 Å². The molecule has 13 heteroatoms. The number of hydrogen-bond acceptors (Lipinski definition) is 7. The third-order valence-corrected chi connectivity index (χ3v) is 2.05. The van der Waals surface area contributed by atoms with E-state index in [0.29, 0.717) is 15.0 Å². The summed E-state index contributed by atoms with van der Waals surface area (Å²) >= 11 is 0. The van der Waals surface area contributed by atoms with Gasteiger partial charge >= 0.3 is 0 Å². The highest BCUT2D eigenvalue weighted by Gasteiger charge is 2.22. The maximum Gasteiger partial charge on any atom is 0.161 e. The minimum Gasteiger partial charge on any atom is -0.235 e. The van der Waals surface area contributed by atoms with E-state index in [0.717, 1.165) is 21.1 Å². The molecule has 0 bridgehead atoms. The lowest BCUT2D eigenvalue weighted by molar-refractivity contribution is -0.674. The Bertz CT molecular complexity index is 299. The van der Waals surface area contributed by atoms with Crippen molar-refractivity contribution in [3.63, 3.8) is 0 Å². The second-order valence-corrected chi connectivity index (χ2v) is 3.78. The topological polar surface area (TPSA) is 142 Å². The molecule has 0 rings (SSSR count). The van der Waals surface area contributed by atoms with Crippen LogP contribution in [0, 0.1) is 30.3 Å². The zero-order valence-electron chi connectivity index (χ0n) is 10.7. The molecule has 0 aromatic rings. The van der Waals surface area contributed by atoms with Gasteiger partial charge in [-0.05, 0) is 0 Å². The highest BCUT2D eigenvalue weighted by molar-refractivity contribution is 4.49. The predicted molar refractivity (Wildman–Crippen MR) is 60.7 cm³/mol. The number of rotatable bonds is 9. The molecule has 0 aliphatic rings. The smallest absolute Gasteiger partial charge is 0.161 e. The van der Waals surface area contributed by atoms with E-state index in [1.165, 1.54) is 4.90 Å². The van der Waals surface area contributed by atoms with Gasteiger partial charge in [-0.25, -0.2) is 35.2 Å². The monoisotopic (exact) mass is 281 g/mol. The maximum absolute atomic E-state index is 10.5. The van der Waals surface area contributed by atoms with Crippen LogP contribution in [0.3, 0.4) is 0 Å². The third-order valence-electron chi connectivity index (χ3n) is 2.05. The third kappa shape index (κ3) is 6.16. The summed E-state index contributed by atoms with van der Waals surface area (Å²) in [4.78, 5) is 32.6. The van der Waals surface area contributed by atoms with Crippen molar-refractivity contribution in [2.75, 3.05) is 41.1 Å². The molecule has 0 heterocycles. The number of nitro groups is 3. The highest BCUT2D eigenvalue weighted by atomic mass is 16.7. The Morgan fingerprint density at radius 1 is 0.684 bits per heavy atom. The first-order chi connectivity index (χ1) is 8.65. The lowest BCUT2D eigenvalue weighted by atomic mass is 10.7. The molecule has 0 amide bonds. The van der Waals surface area contributed by atoms with Gasteiger partial charge in [-0.15, -0.1) is 15.0 Å². The molecule has 0 saturated carbocycles. The van der Waals surface area contributed by atoms with Crippen LogP contribution in [0.5, 0.6) is 0 Å². The van der Waals surface area contributed by atoms with Crippen LogP contribution in [0.2, 0.25) is 0 Å². The van der Waals surface area contributed by atoms with Crippen molar-refractivity contribution in [2.24, 2.45) is 0 Å². The maximum atomic E-state index is 10.5. The summed E-state index contributed by atoms with van der Waals surface area (Å²) < 4.78 is 0. The summed E-state index contributed by atoms with van der Waals surface area (Å²) in [5.74, 6) is 0. The van der Waals surface area contributed by atoms with Gasteiger partial charge in [-0.2, -0.15) is 0 Å². The van der Waals surface area contributed by atoms with Gasteiger partial charge in [0.1, 0.15) is 20.0 Å². The fraction of sp³-hybridized carbons (Fsp3) is 1.00. The molecule has 0 aromatic carbocycles. The van der Waals surface area contributed by atoms with E-state index in [2.05, 4.69) is 0 Å². The zero-order valence-corrected chi connectivity index (χ0v) is 10.7. The molecule has 0 unspecified atom stereocenters. The SMILES string of the molecule is CN(CN(CN(C)[N+](=O)[O-])CN(C)[N+](=O)[O-])[N+](=O)[O-]. The Hall–Kier alpha value is -2.44. The van der Waals surface area contributed by atoms with E-state index >= 15 is 0 Å². The van der Waals surface area contributed by atoms with Crippen molar-refractivity contribution < 1.29 is 15.1 Å². The van der Waals surface area contributed by atoms with E-state index < -0.39 is 15.1 Å². The molecule has 13 nitrogen and oxygen atoms in total. The number of hydrogen-bond donors (Lipinski definition) is 0. The van der Waals surface area contributed by atoms with Crippen molar-refractivity contribution in [2.45, 2.75) is 0 Å². The van der Waals surface area contributed by atoms with E-state index in [1.54, 1.807) is 0 Å². The second-order valence-electron chi connectivity index (χ2n) is 3.78. The molecule has 110 valence electrons. The van der Waals surface area contributed by atoms with E-state index in [9.17, 15) is 30.3 Å². The van der Waals surface area contributed by atoms with Crippen molar-refractivity contribution in [1.29, 1.82) is 0 Å². The van der Waals surface area contributed by atoms with E-state index in [1.807, 2.05) is 0 Å². The van der Waals surface area contributed by atoms with Gasteiger partial charge in [-0.1, -0.05) is 0 Å². The van der Waals surface area contributed by atoms with Crippen molar-refractivity contribution >= 4 is 0 Å². The van der Waals surface area contributed by atoms with Crippen LogP contribution in [0.4, 0.5) is 0 Å². The first kappa shape index (κ1) is 16.6. The quantitative estimate of drug-likeness (QED) is 0.279. The molecule has 0 aliphatic carbocycles. The standard InChI is InChI=1S/C6H15N7O6/c1-7(11(14)15)4-10(5-8(2)12(16)17)6-9(3)13(18)19/h4-6H2,1-3H3. The second kappa shape index (κ2) is 7.10. The fourth-order valence-corrected chi connectivity index (χ4v) is 1.16. The van der Waals surface area contributed by atoms with Gasteiger partial charge in [0.05, 0.1) is 21.1 Å². The Morgan fingerprint density at radius 2 is 0.895 bits per heavy atom. The molecule has 0 aromatic heterocycles. The lowest BCUT2D eigenvalue weighted by Gasteiger charge is -2.25. The summed E-state index contributed by atoms with van der Waals surface area (Å²) in [7, 11) is 3.47. The van der Waals surface area contributed by atoms with Gasteiger partial charge in [0.15, 0.2) is 15.1 Å². The number of nitrogens with zero attached hydrogens (tertiary/aromatic N) is 7. The molecule has 0 saturated heterocycles. The average molecular weight is 281 g/mol. The molecule has 0 radical (unpaired) electrons. The molecule has 0 aliphatic heterocycles. The fourth-order valence-electron chi connectivity index (χ4n) is 1.16. The summed E-state index contributed by atoms with van der Waals surface area (Å²) in [6, 6.07) is 0. The molecule has 0 N–H and O–H groups in total. The minimum absolute atomic E-state index is 0.302. The van der Waals surface area contributed by atoms with Gasteiger partial charge in [0.2, 0.25) is 0 Å². The van der Waals surface area contributed by atoms with Crippen LogP contribution < -0.4 is 0 Å². The van der Waals surface area contributed by atoms with Crippen LogP contribution in [0.15, 0.2) is 0 Å². The minimum atomic E-state index is -0.717. The number of hydrazine groups is 3. The van der Waals surface area contributed by atoms with Crippen LogP contribution in [0.25, 0.3) is 0 Å². The lowest BCUT2D eigenvalue weighted by Crippen LogP contribution is -2.49. The normalized spacial score (nSPS) is 10.1. The van der Waals surface area contributed by atoms with Crippen molar-refractivity contribution in [3.05, 3.63) is 30.3 Å². The molecule has 19 heavy (non-hydrogen) atoms. The molecule has 0 fully saturated rings. The Balaban J connectivity index is 4.67. The van der Waals surface area contributed by atoms with Gasteiger partial charge < -0.3 is 0 Å². The summed E-state index contributed by atoms with van der Waals surface area (Å²) in [6.45, 7) is -0.907. The van der Waals surface area contributed by atoms with Crippen LogP contribution in [-0.2, 0) is 0 Å². The summed E-state index contributed by atoms with van der Waals surface area (Å²) in [6.07, 6.45) is 0. The Labute approximate surface area is 107 Å². The molecular weight excluding hydrogens is 266 g/mol.